The van der Waals surface area contributed by atoms with Gasteiger partial charge < -0.3 is 20.1 Å². The van der Waals surface area contributed by atoms with Crippen LogP contribution in [0.15, 0.2) is 48.5 Å². The fourth-order valence-electron chi connectivity index (χ4n) is 5.18. The third-order valence-corrected chi connectivity index (χ3v) is 7.79. The standard InChI is InChI=1S/C28H34N2O5/c1-17(2)24(13-25(31)30-14-18(3)28(4,16-30)26(32)33)29-27(34)35-15-23-21-11-7-5-9-19(21)20-10-6-8-12-22(20)23/h5-12,17-18,23-24H,13-16H2,1-4H3,(H,29,34)(H,32,33)/t18-,24?,28-/m1/s1. The van der Waals surface area contributed by atoms with E-state index in [0.29, 0.717) is 6.54 Å². The first-order valence-electron chi connectivity index (χ1n) is 12.2. The lowest BCUT2D eigenvalue weighted by atomic mass is 9.81. The first-order valence-corrected chi connectivity index (χ1v) is 12.2. The van der Waals surface area contributed by atoms with Crippen molar-refractivity contribution in [1.82, 2.24) is 10.2 Å². The normalized spacial score (nSPS) is 22.0. The minimum Gasteiger partial charge on any atom is -0.481 e. The molecule has 35 heavy (non-hydrogen) atoms. The Kier molecular flexibility index (Phi) is 6.88. The van der Waals surface area contributed by atoms with Gasteiger partial charge in [0.15, 0.2) is 0 Å². The monoisotopic (exact) mass is 478 g/mol. The number of carboxylic acids is 1. The minimum atomic E-state index is -0.955. The van der Waals surface area contributed by atoms with E-state index in [-0.39, 0.29) is 43.2 Å². The van der Waals surface area contributed by atoms with E-state index in [1.165, 1.54) is 0 Å². The summed E-state index contributed by atoms with van der Waals surface area (Å²) in [7, 11) is 0. The van der Waals surface area contributed by atoms with Crippen LogP contribution in [0, 0.1) is 17.3 Å². The van der Waals surface area contributed by atoms with E-state index in [2.05, 4.69) is 29.6 Å². The number of likely N-dealkylation sites (tertiary alicyclic amines) is 1. The Morgan fingerprint density at radius 2 is 1.66 bits per heavy atom. The summed E-state index contributed by atoms with van der Waals surface area (Å²) in [4.78, 5) is 39.0. The first-order chi connectivity index (χ1) is 16.6. The summed E-state index contributed by atoms with van der Waals surface area (Å²) in [6.45, 7) is 8.21. The van der Waals surface area contributed by atoms with Crippen molar-refractivity contribution in [1.29, 1.82) is 0 Å². The molecule has 0 bridgehead atoms. The van der Waals surface area contributed by atoms with Gasteiger partial charge in [0.25, 0.3) is 0 Å². The van der Waals surface area contributed by atoms with E-state index in [0.717, 1.165) is 22.3 Å². The zero-order valence-corrected chi connectivity index (χ0v) is 20.8. The van der Waals surface area contributed by atoms with E-state index in [1.807, 2.05) is 45.0 Å². The molecule has 2 aromatic rings. The number of hydrogen-bond donors (Lipinski definition) is 2. The molecule has 0 saturated carbocycles. The Morgan fingerprint density at radius 1 is 1.09 bits per heavy atom. The highest BCUT2D eigenvalue weighted by atomic mass is 16.5. The Labute approximate surface area is 206 Å². The molecule has 3 atom stereocenters. The van der Waals surface area contributed by atoms with Crippen LogP contribution in [-0.2, 0) is 14.3 Å². The van der Waals surface area contributed by atoms with Gasteiger partial charge in [0, 0.05) is 31.5 Å². The molecule has 2 amide bonds. The molecule has 0 aromatic heterocycles. The van der Waals surface area contributed by atoms with Crippen molar-refractivity contribution in [3.8, 4) is 11.1 Å². The number of aliphatic carboxylic acids is 1. The first kappa shape index (κ1) is 24.8. The molecule has 0 radical (unpaired) electrons. The maximum absolute atomic E-state index is 13.0. The maximum atomic E-state index is 13.0. The van der Waals surface area contributed by atoms with Gasteiger partial charge in [0.1, 0.15) is 6.61 Å². The highest BCUT2D eigenvalue weighted by Crippen LogP contribution is 2.44. The fourth-order valence-corrected chi connectivity index (χ4v) is 5.18. The zero-order chi connectivity index (χ0) is 25.3. The van der Waals surface area contributed by atoms with Gasteiger partial charge in [-0.2, -0.15) is 0 Å². The molecule has 2 aromatic carbocycles. The van der Waals surface area contributed by atoms with Crippen molar-refractivity contribution >= 4 is 18.0 Å². The molecule has 2 N–H and O–H groups in total. The minimum absolute atomic E-state index is 0.00492. The van der Waals surface area contributed by atoms with Gasteiger partial charge in [-0.15, -0.1) is 0 Å². The highest BCUT2D eigenvalue weighted by molar-refractivity contribution is 5.82. The molecule has 1 heterocycles. The number of hydrogen-bond acceptors (Lipinski definition) is 4. The number of ether oxygens (including phenoxy) is 1. The van der Waals surface area contributed by atoms with Crippen LogP contribution in [-0.4, -0.2) is 53.7 Å². The van der Waals surface area contributed by atoms with Crippen LogP contribution in [0.3, 0.4) is 0 Å². The van der Waals surface area contributed by atoms with E-state index >= 15 is 0 Å². The smallest absolute Gasteiger partial charge is 0.407 e. The molecule has 4 rings (SSSR count). The Hall–Kier alpha value is -3.35. The number of carbonyl (C=O) groups excluding carboxylic acids is 2. The molecule has 1 fully saturated rings. The molecular weight excluding hydrogens is 444 g/mol. The average Bonchev–Trinajstić information content (AvgIpc) is 3.32. The SMILES string of the molecule is CC(C)C(CC(=O)N1C[C@@H](C)[C@](C)(C(=O)O)C1)NC(=O)OCC1c2ccccc2-c2ccccc21. The lowest BCUT2D eigenvalue weighted by Crippen LogP contribution is -2.44. The topological polar surface area (TPSA) is 95.9 Å². The molecule has 1 saturated heterocycles. The van der Waals surface area contributed by atoms with E-state index in [9.17, 15) is 19.5 Å². The van der Waals surface area contributed by atoms with Gasteiger partial charge in [0.2, 0.25) is 5.91 Å². The van der Waals surface area contributed by atoms with Gasteiger partial charge in [0.05, 0.1) is 5.41 Å². The Balaban J connectivity index is 1.37. The van der Waals surface area contributed by atoms with E-state index in [1.54, 1.807) is 11.8 Å². The third-order valence-electron chi connectivity index (χ3n) is 7.79. The van der Waals surface area contributed by atoms with E-state index < -0.39 is 23.5 Å². The largest absolute Gasteiger partial charge is 0.481 e. The molecule has 7 heteroatoms. The number of alkyl carbamates (subject to hydrolysis) is 1. The molecule has 0 spiro atoms. The molecule has 2 aliphatic rings. The van der Waals surface area contributed by atoms with E-state index in [4.69, 9.17) is 4.74 Å². The second-order valence-corrected chi connectivity index (χ2v) is 10.4. The van der Waals surface area contributed by atoms with Crippen molar-refractivity contribution in [3.05, 3.63) is 59.7 Å². The van der Waals surface area contributed by atoms with Crippen LogP contribution in [0.2, 0.25) is 0 Å². The maximum Gasteiger partial charge on any atom is 0.407 e. The van der Waals surface area contributed by atoms with Gasteiger partial charge in [-0.1, -0.05) is 69.3 Å². The number of fused-ring (bicyclic) bond motifs is 3. The lowest BCUT2D eigenvalue weighted by molar-refractivity contribution is -0.149. The summed E-state index contributed by atoms with van der Waals surface area (Å²) >= 11 is 0. The number of rotatable bonds is 7. The van der Waals surface area contributed by atoms with Crippen molar-refractivity contribution in [3.63, 3.8) is 0 Å². The van der Waals surface area contributed by atoms with Gasteiger partial charge >= 0.3 is 12.1 Å². The quantitative estimate of drug-likeness (QED) is 0.611. The average molecular weight is 479 g/mol. The number of nitrogens with zero attached hydrogens (tertiary/aromatic N) is 1. The second-order valence-electron chi connectivity index (χ2n) is 10.4. The summed E-state index contributed by atoms with van der Waals surface area (Å²) in [5, 5.41) is 12.5. The summed E-state index contributed by atoms with van der Waals surface area (Å²) in [6, 6.07) is 15.9. The Morgan fingerprint density at radius 3 is 2.17 bits per heavy atom. The molecular formula is C28H34N2O5. The summed E-state index contributed by atoms with van der Waals surface area (Å²) < 4.78 is 5.66. The molecule has 186 valence electrons. The predicted octanol–water partition coefficient (Wildman–Crippen LogP) is 4.51. The van der Waals surface area contributed by atoms with Crippen LogP contribution in [0.4, 0.5) is 4.79 Å². The number of benzene rings is 2. The Bertz CT molecular complexity index is 1080. The number of amides is 2. The molecule has 1 aliphatic carbocycles. The number of carbonyl (C=O) groups is 3. The predicted molar refractivity (Wildman–Crippen MR) is 133 cm³/mol. The van der Waals surface area contributed by atoms with Crippen molar-refractivity contribution in [2.45, 2.75) is 46.1 Å². The van der Waals surface area contributed by atoms with Crippen LogP contribution < -0.4 is 5.32 Å². The lowest BCUT2D eigenvalue weighted by Gasteiger charge is -2.26. The zero-order valence-electron chi connectivity index (χ0n) is 20.8. The van der Waals surface area contributed by atoms with Crippen LogP contribution in [0.25, 0.3) is 11.1 Å². The van der Waals surface area contributed by atoms with Crippen LogP contribution >= 0.6 is 0 Å². The summed E-state index contributed by atoms with van der Waals surface area (Å²) in [5.41, 5.74) is 3.65. The van der Waals surface area contributed by atoms with Crippen molar-refractivity contribution in [2.75, 3.05) is 19.7 Å². The van der Waals surface area contributed by atoms with Crippen LogP contribution in [0.5, 0.6) is 0 Å². The second kappa shape index (κ2) is 9.72. The van der Waals surface area contributed by atoms with Gasteiger partial charge in [-0.3, -0.25) is 9.59 Å². The fraction of sp³-hybridized carbons (Fsp3) is 0.464. The summed E-state index contributed by atoms with van der Waals surface area (Å²) in [6.07, 6.45) is -0.451. The van der Waals surface area contributed by atoms with Crippen molar-refractivity contribution < 1.29 is 24.2 Å². The molecule has 7 nitrogen and oxygen atoms in total. The van der Waals surface area contributed by atoms with Gasteiger partial charge in [-0.25, -0.2) is 4.79 Å². The van der Waals surface area contributed by atoms with Crippen LogP contribution in [0.1, 0.15) is 51.2 Å². The van der Waals surface area contributed by atoms with Crippen molar-refractivity contribution in [2.24, 2.45) is 17.3 Å². The number of nitrogens with one attached hydrogen (secondary N) is 1. The molecule has 1 aliphatic heterocycles. The summed E-state index contributed by atoms with van der Waals surface area (Å²) in [5.74, 6) is -1.22. The number of carboxylic acid groups (broad SMARTS) is 1. The van der Waals surface area contributed by atoms with Gasteiger partial charge in [-0.05, 0) is 41.0 Å². The highest BCUT2D eigenvalue weighted by Gasteiger charge is 2.48. The molecule has 1 unspecified atom stereocenters. The third kappa shape index (κ3) is 4.77.